The van der Waals surface area contributed by atoms with Gasteiger partial charge in [-0.2, -0.15) is 0 Å². The molecule has 1 aliphatic heterocycles. The zero-order valence-corrected chi connectivity index (χ0v) is 15.5. The van der Waals surface area contributed by atoms with Crippen LogP contribution in [0.1, 0.15) is 22.6 Å². The van der Waals surface area contributed by atoms with Crippen LogP contribution in [0.5, 0.6) is 0 Å². The molecule has 1 amide bonds. The van der Waals surface area contributed by atoms with Crippen LogP contribution < -0.4 is 10.9 Å². The van der Waals surface area contributed by atoms with E-state index in [4.69, 9.17) is 16.3 Å². The molecule has 1 aliphatic rings. The molecule has 1 N–H and O–H groups in total. The summed E-state index contributed by atoms with van der Waals surface area (Å²) in [7, 11) is 0. The molecule has 1 aromatic heterocycles. The Bertz CT molecular complexity index is 1160. The van der Waals surface area contributed by atoms with Gasteiger partial charge >= 0.3 is 5.97 Å². The van der Waals surface area contributed by atoms with Crippen LogP contribution >= 0.6 is 11.6 Å². The Morgan fingerprint density at radius 1 is 1.21 bits per heavy atom. The number of hydrogen-bond donors (Lipinski definition) is 1. The number of ether oxygens (including phenoxy) is 1. The van der Waals surface area contributed by atoms with E-state index in [0.717, 1.165) is 18.7 Å². The van der Waals surface area contributed by atoms with Crippen molar-refractivity contribution < 1.29 is 14.3 Å². The fraction of sp³-hybridized carbons (Fsp3) is 0.200. The predicted octanol–water partition coefficient (Wildman–Crippen LogP) is 2.79. The molecule has 4 rings (SSSR count). The summed E-state index contributed by atoms with van der Waals surface area (Å²) in [6.07, 6.45) is 1.62. The van der Waals surface area contributed by atoms with Crippen molar-refractivity contribution in [2.24, 2.45) is 0 Å². The Kier molecular flexibility index (Phi) is 4.83. The average molecular weight is 398 g/mol. The third kappa shape index (κ3) is 3.61. The molecule has 0 radical (unpaired) electrons. The number of carbonyl (C=O) groups is 2. The summed E-state index contributed by atoms with van der Waals surface area (Å²) < 4.78 is 6.74. The summed E-state index contributed by atoms with van der Waals surface area (Å²) in [5.41, 5.74) is 1.10. The number of benzene rings is 2. The number of amides is 1. The lowest BCUT2D eigenvalue weighted by atomic mass is 10.1. The van der Waals surface area contributed by atoms with Gasteiger partial charge in [-0.25, -0.2) is 9.78 Å². The largest absolute Gasteiger partial charge is 0.452 e. The fourth-order valence-corrected chi connectivity index (χ4v) is 3.38. The maximum absolute atomic E-state index is 12.5. The summed E-state index contributed by atoms with van der Waals surface area (Å²) in [5.74, 6) is -0.417. The van der Waals surface area contributed by atoms with Gasteiger partial charge < -0.3 is 10.1 Å². The molecule has 7 nitrogen and oxygen atoms in total. The molecule has 0 saturated heterocycles. The van der Waals surface area contributed by atoms with Crippen LogP contribution in [-0.2, 0) is 22.5 Å². The number of rotatable bonds is 4. The molecule has 8 heteroatoms. The summed E-state index contributed by atoms with van der Waals surface area (Å²) in [5, 5.41) is 3.54. The highest BCUT2D eigenvalue weighted by molar-refractivity contribution is 6.30. The van der Waals surface area contributed by atoms with E-state index in [1.54, 1.807) is 34.9 Å². The lowest BCUT2D eigenvalue weighted by Crippen LogP contribution is -2.22. The quantitative estimate of drug-likeness (QED) is 0.683. The summed E-state index contributed by atoms with van der Waals surface area (Å²) in [6, 6.07) is 11.2. The van der Waals surface area contributed by atoms with E-state index in [0.29, 0.717) is 28.2 Å². The number of hydrogen-bond acceptors (Lipinski definition) is 5. The molecule has 0 atom stereocenters. The lowest BCUT2D eigenvalue weighted by Gasteiger charge is -2.08. The Hall–Kier alpha value is -3.19. The van der Waals surface area contributed by atoms with Crippen molar-refractivity contribution in [2.75, 3.05) is 11.9 Å². The first-order chi connectivity index (χ1) is 13.5. The van der Waals surface area contributed by atoms with Crippen LogP contribution in [-0.4, -0.2) is 28.0 Å². The van der Waals surface area contributed by atoms with Crippen LogP contribution in [0.4, 0.5) is 5.69 Å². The molecule has 3 aromatic rings. The van der Waals surface area contributed by atoms with Crippen molar-refractivity contribution >= 4 is 40.1 Å². The lowest BCUT2D eigenvalue weighted by molar-refractivity contribution is -0.119. The van der Waals surface area contributed by atoms with Gasteiger partial charge in [0, 0.05) is 23.7 Å². The van der Waals surface area contributed by atoms with Gasteiger partial charge in [0.25, 0.3) is 11.5 Å². The van der Waals surface area contributed by atoms with E-state index in [9.17, 15) is 14.4 Å². The predicted molar refractivity (Wildman–Crippen MR) is 105 cm³/mol. The Morgan fingerprint density at radius 2 is 2.07 bits per heavy atom. The smallest absolute Gasteiger partial charge is 0.338 e. The van der Waals surface area contributed by atoms with E-state index >= 15 is 0 Å². The van der Waals surface area contributed by atoms with Gasteiger partial charge in [0.2, 0.25) is 0 Å². The Balaban J connectivity index is 1.46. The van der Waals surface area contributed by atoms with Crippen molar-refractivity contribution in [1.82, 2.24) is 9.55 Å². The normalized spacial score (nSPS) is 12.6. The fourth-order valence-electron chi connectivity index (χ4n) is 3.19. The summed E-state index contributed by atoms with van der Waals surface area (Å²) in [4.78, 5) is 41.2. The second-order valence-corrected chi connectivity index (χ2v) is 6.89. The van der Waals surface area contributed by atoms with Crippen molar-refractivity contribution in [3.63, 3.8) is 0 Å². The first kappa shape index (κ1) is 18.2. The van der Waals surface area contributed by atoms with Crippen LogP contribution in [0.15, 0.2) is 47.3 Å². The van der Waals surface area contributed by atoms with Gasteiger partial charge in [-0.05, 0) is 42.8 Å². The van der Waals surface area contributed by atoms with Gasteiger partial charge in [-0.15, -0.1) is 0 Å². The molecule has 0 spiro atoms. The third-order valence-electron chi connectivity index (χ3n) is 4.49. The van der Waals surface area contributed by atoms with Crippen LogP contribution in [0, 0.1) is 0 Å². The Labute approximate surface area is 164 Å². The number of carbonyl (C=O) groups excluding carboxylic acids is 2. The van der Waals surface area contributed by atoms with E-state index in [1.807, 2.05) is 0 Å². The number of nitrogens with zero attached hydrogens (tertiary/aromatic N) is 2. The highest BCUT2D eigenvalue weighted by Crippen LogP contribution is 2.17. The van der Waals surface area contributed by atoms with Crippen LogP contribution in [0.3, 0.4) is 0 Å². The number of fused-ring (bicyclic) bond motifs is 2. The molecule has 28 heavy (non-hydrogen) atoms. The van der Waals surface area contributed by atoms with Crippen molar-refractivity contribution in [3.05, 3.63) is 69.2 Å². The van der Waals surface area contributed by atoms with Gasteiger partial charge in [0.1, 0.15) is 5.82 Å². The molecule has 2 heterocycles. The maximum Gasteiger partial charge on any atom is 0.338 e. The maximum atomic E-state index is 12.5. The van der Waals surface area contributed by atoms with Crippen molar-refractivity contribution in [3.8, 4) is 0 Å². The topological polar surface area (TPSA) is 90.3 Å². The van der Waals surface area contributed by atoms with Crippen molar-refractivity contribution in [1.29, 1.82) is 0 Å². The molecular weight excluding hydrogens is 382 g/mol. The number of halogens is 1. The first-order valence-electron chi connectivity index (χ1n) is 8.77. The third-order valence-corrected chi connectivity index (χ3v) is 4.73. The molecule has 0 bridgehead atoms. The van der Waals surface area contributed by atoms with Crippen LogP contribution in [0.2, 0.25) is 5.02 Å². The zero-order valence-electron chi connectivity index (χ0n) is 14.8. The highest BCUT2D eigenvalue weighted by Gasteiger charge is 2.18. The van der Waals surface area contributed by atoms with Crippen molar-refractivity contribution in [2.45, 2.75) is 19.4 Å². The second kappa shape index (κ2) is 7.44. The second-order valence-electron chi connectivity index (χ2n) is 6.45. The SMILES string of the molecule is O=C(COC(=O)c1ccc2c(=O)n3c(nc2c1)CCC3)Nc1cccc(Cl)c1. The number of aromatic nitrogens is 2. The number of anilines is 1. The molecule has 0 saturated carbocycles. The van der Waals surface area contributed by atoms with E-state index < -0.39 is 18.5 Å². The molecular formula is C20H16ClN3O4. The molecule has 0 fully saturated rings. The van der Waals surface area contributed by atoms with E-state index in [1.165, 1.54) is 12.1 Å². The standard InChI is InChI=1S/C20H16ClN3O4/c21-13-3-1-4-14(10-13)22-18(25)11-28-20(27)12-6-7-15-16(9-12)23-17-5-2-8-24(17)19(15)26/h1,3-4,6-7,9-10H,2,5,8,11H2,(H,22,25). The van der Waals surface area contributed by atoms with E-state index in [2.05, 4.69) is 10.3 Å². The van der Waals surface area contributed by atoms with E-state index in [-0.39, 0.29) is 11.1 Å². The minimum atomic E-state index is -0.662. The van der Waals surface area contributed by atoms with Gasteiger partial charge in [-0.3, -0.25) is 14.2 Å². The van der Waals surface area contributed by atoms with Gasteiger partial charge in [-0.1, -0.05) is 17.7 Å². The van der Waals surface area contributed by atoms with Gasteiger partial charge in [0.05, 0.1) is 16.5 Å². The number of nitrogens with one attached hydrogen (secondary N) is 1. The monoisotopic (exact) mass is 397 g/mol. The molecule has 142 valence electrons. The molecule has 0 unspecified atom stereocenters. The highest BCUT2D eigenvalue weighted by atomic mass is 35.5. The van der Waals surface area contributed by atoms with Gasteiger partial charge in [0.15, 0.2) is 6.61 Å². The molecule has 2 aromatic carbocycles. The minimum absolute atomic E-state index is 0.0988. The number of esters is 1. The minimum Gasteiger partial charge on any atom is -0.452 e. The first-order valence-corrected chi connectivity index (χ1v) is 9.15. The summed E-state index contributed by atoms with van der Waals surface area (Å²) >= 11 is 5.86. The van der Waals surface area contributed by atoms with Crippen LogP contribution in [0.25, 0.3) is 10.9 Å². The Morgan fingerprint density at radius 3 is 2.89 bits per heavy atom. The molecule has 0 aliphatic carbocycles. The number of aryl methyl sites for hydroxylation is 1. The zero-order chi connectivity index (χ0) is 19.7. The average Bonchev–Trinajstić information content (AvgIpc) is 3.14. The summed E-state index contributed by atoms with van der Waals surface area (Å²) in [6.45, 7) is 0.228.